The van der Waals surface area contributed by atoms with Gasteiger partial charge in [0, 0.05) is 81.5 Å². The number of carboxylic acids is 1. The fourth-order valence-electron chi connectivity index (χ4n) is 6.34. The molecule has 0 bridgehead atoms. The minimum Gasteiger partial charge on any atom is -0.481 e. The smallest absolute Gasteiger partial charge is 0.324 e. The van der Waals surface area contributed by atoms with Gasteiger partial charge in [0.05, 0.1) is 20.0 Å². The van der Waals surface area contributed by atoms with Crippen LogP contribution in [0.5, 0.6) is 0 Å². The summed E-state index contributed by atoms with van der Waals surface area (Å²) in [5.74, 6) is -1.32. The van der Waals surface area contributed by atoms with Gasteiger partial charge in [-0.15, -0.1) is 0 Å². The average Bonchev–Trinajstić information content (AvgIpc) is 3.13. The molecule has 2 fully saturated rings. The number of carbonyl (C=O) groups excluding carboxylic acids is 3. The molecule has 0 spiro atoms. The maximum absolute atomic E-state index is 13.1. The van der Waals surface area contributed by atoms with Crippen molar-refractivity contribution < 1.29 is 29.0 Å². The first-order valence-electron chi connectivity index (χ1n) is 16.8. The number of esters is 1. The van der Waals surface area contributed by atoms with Gasteiger partial charge in [0.2, 0.25) is 0 Å². The second kappa shape index (κ2) is 18.8. The van der Waals surface area contributed by atoms with Crippen molar-refractivity contribution in [1.29, 1.82) is 0 Å². The highest BCUT2D eigenvalue weighted by Gasteiger charge is 2.35. The minimum absolute atomic E-state index is 0.0132. The summed E-state index contributed by atoms with van der Waals surface area (Å²) < 4.78 is 6.68. The average molecular weight is 889 g/mol. The number of urea groups is 2. The third-order valence-corrected chi connectivity index (χ3v) is 10.7. The van der Waals surface area contributed by atoms with Crippen LogP contribution in [0.3, 0.4) is 0 Å². The summed E-state index contributed by atoms with van der Waals surface area (Å²) >= 11 is 19.3. The highest BCUT2D eigenvalue weighted by Crippen LogP contribution is 2.30. The zero-order chi connectivity index (χ0) is 38.1. The largest absolute Gasteiger partial charge is 0.481 e. The van der Waals surface area contributed by atoms with Crippen LogP contribution in [0.1, 0.15) is 24.0 Å². The van der Waals surface area contributed by atoms with Gasteiger partial charge in [0.25, 0.3) is 0 Å². The fraction of sp³-hybridized carbons (Fsp3) is 0.282. The standard InChI is InChI=1S/C20H20BrClN2O3.C19H18BrClN2O3/c1-27-19(25)10-14-11-23(13-15-4-2-3-5-18(15)22)20(26)24(12-14)17-8-6-16(21)7-9-17;20-15-5-7-16(8-6-15)23-11-13(9-18(24)25)10-22(19(23)26)12-14-3-1-2-4-17(14)21/h2-9,14H,10-13H2,1H3;1-8,13H,9-12H2,(H,24,25). The van der Waals surface area contributed by atoms with Crippen LogP contribution in [-0.2, 0) is 27.4 Å². The van der Waals surface area contributed by atoms with Gasteiger partial charge in [-0.2, -0.15) is 0 Å². The predicted octanol–water partition coefficient (Wildman–Crippen LogP) is 9.36. The van der Waals surface area contributed by atoms with Crippen LogP contribution in [-0.4, -0.2) is 72.2 Å². The van der Waals surface area contributed by atoms with Crippen molar-refractivity contribution in [2.45, 2.75) is 25.9 Å². The van der Waals surface area contributed by atoms with Crippen molar-refractivity contribution in [2.24, 2.45) is 11.8 Å². The van der Waals surface area contributed by atoms with E-state index in [1.807, 2.05) is 91.0 Å². The number of ether oxygens (including phenoxy) is 1. The van der Waals surface area contributed by atoms with Gasteiger partial charge in [-0.05, 0) is 71.8 Å². The van der Waals surface area contributed by atoms with E-state index in [-0.39, 0.29) is 42.7 Å². The Kier molecular flexibility index (Phi) is 14.2. The molecule has 14 heteroatoms. The number of carboxylic acid groups (broad SMARTS) is 1. The Morgan fingerprint density at radius 1 is 0.660 bits per heavy atom. The second-order valence-electron chi connectivity index (χ2n) is 12.8. The highest BCUT2D eigenvalue weighted by atomic mass is 79.9. The van der Waals surface area contributed by atoms with Crippen LogP contribution < -0.4 is 9.80 Å². The molecule has 4 amide bonds. The Morgan fingerprint density at radius 2 is 1.06 bits per heavy atom. The topological polar surface area (TPSA) is 111 Å². The van der Waals surface area contributed by atoms with E-state index in [1.165, 1.54) is 7.11 Å². The van der Waals surface area contributed by atoms with E-state index in [0.717, 1.165) is 31.4 Å². The van der Waals surface area contributed by atoms with E-state index < -0.39 is 5.97 Å². The van der Waals surface area contributed by atoms with E-state index in [9.17, 15) is 24.3 Å². The third kappa shape index (κ3) is 11.0. The number of amides is 4. The SMILES string of the molecule is COC(=O)CC1CN(Cc2ccccc2Cl)C(=O)N(c2ccc(Br)cc2)C1.O=C(O)CC1CN(Cc2ccccc2Cl)C(=O)N(c2ccc(Br)cc2)C1. The first-order valence-corrected chi connectivity index (χ1v) is 19.2. The highest BCUT2D eigenvalue weighted by molar-refractivity contribution is 9.10. The molecule has 278 valence electrons. The molecule has 4 aromatic carbocycles. The van der Waals surface area contributed by atoms with Crippen LogP contribution in [0.15, 0.2) is 106 Å². The number of benzene rings is 4. The van der Waals surface area contributed by atoms with Crippen molar-refractivity contribution in [3.05, 3.63) is 127 Å². The maximum Gasteiger partial charge on any atom is 0.324 e. The Bertz CT molecular complexity index is 1920. The van der Waals surface area contributed by atoms with Crippen molar-refractivity contribution in [1.82, 2.24) is 9.80 Å². The molecule has 10 nitrogen and oxygen atoms in total. The first-order chi connectivity index (χ1) is 25.4. The lowest BCUT2D eigenvalue weighted by Gasteiger charge is -2.40. The Labute approximate surface area is 335 Å². The number of hydrogen-bond donors (Lipinski definition) is 1. The molecule has 2 heterocycles. The first kappa shape index (κ1) is 40.1. The fourth-order valence-corrected chi connectivity index (χ4v) is 7.26. The predicted molar refractivity (Wildman–Crippen MR) is 213 cm³/mol. The number of carbonyl (C=O) groups is 4. The van der Waals surface area contributed by atoms with Gasteiger partial charge in [0.15, 0.2) is 0 Å². The minimum atomic E-state index is -0.863. The molecule has 2 unspecified atom stereocenters. The normalized spacial score (nSPS) is 17.3. The Balaban J connectivity index is 0.000000204. The molecule has 0 saturated carbocycles. The number of aliphatic carboxylic acids is 1. The summed E-state index contributed by atoms with van der Waals surface area (Å²) in [5, 5.41) is 10.4. The maximum atomic E-state index is 13.1. The summed E-state index contributed by atoms with van der Waals surface area (Å²) in [6, 6.07) is 29.6. The van der Waals surface area contributed by atoms with E-state index in [0.29, 0.717) is 49.3 Å². The molecule has 4 aromatic rings. The quantitative estimate of drug-likeness (QED) is 0.159. The number of hydrogen-bond acceptors (Lipinski definition) is 5. The summed E-state index contributed by atoms with van der Waals surface area (Å²) in [5.41, 5.74) is 3.26. The molecule has 2 aliphatic heterocycles. The van der Waals surface area contributed by atoms with E-state index in [2.05, 4.69) is 31.9 Å². The number of rotatable bonds is 10. The van der Waals surface area contributed by atoms with Crippen molar-refractivity contribution in [2.75, 3.05) is 43.1 Å². The zero-order valence-corrected chi connectivity index (χ0v) is 33.5. The molecular weight excluding hydrogens is 851 g/mol. The van der Waals surface area contributed by atoms with Crippen LogP contribution in [0.2, 0.25) is 10.0 Å². The monoisotopic (exact) mass is 886 g/mol. The van der Waals surface area contributed by atoms with Gasteiger partial charge in [-0.3, -0.25) is 19.4 Å². The number of methoxy groups -OCH3 is 1. The van der Waals surface area contributed by atoms with Crippen molar-refractivity contribution in [3.63, 3.8) is 0 Å². The zero-order valence-electron chi connectivity index (χ0n) is 28.8. The lowest BCUT2D eigenvalue weighted by atomic mass is 10.0. The Hall–Kier alpha value is -4.10. The van der Waals surface area contributed by atoms with E-state index >= 15 is 0 Å². The number of anilines is 2. The second-order valence-corrected chi connectivity index (χ2v) is 15.4. The molecule has 0 aromatic heterocycles. The van der Waals surface area contributed by atoms with Crippen LogP contribution >= 0.6 is 55.1 Å². The van der Waals surface area contributed by atoms with Gasteiger partial charge in [-0.25, -0.2) is 9.59 Å². The molecule has 2 saturated heterocycles. The molecule has 0 radical (unpaired) electrons. The molecule has 53 heavy (non-hydrogen) atoms. The lowest BCUT2D eigenvalue weighted by Crippen LogP contribution is -2.53. The van der Waals surface area contributed by atoms with Crippen LogP contribution in [0, 0.1) is 11.8 Å². The molecule has 1 N–H and O–H groups in total. The number of nitrogens with zero attached hydrogens (tertiary/aromatic N) is 4. The summed E-state index contributed by atoms with van der Waals surface area (Å²) in [7, 11) is 1.38. The molecule has 0 aliphatic carbocycles. The van der Waals surface area contributed by atoms with Crippen LogP contribution in [0.25, 0.3) is 0 Å². The van der Waals surface area contributed by atoms with Gasteiger partial charge >= 0.3 is 24.0 Å². The third-order valence-electron chi connectivity index (χ3n) is 8.90. The van der Waals surface area contributed by atoms with Crippen molar-refractivity contribution in [3.8, 4) is 0 Å². The Morgan fingerprint density at radius 3 is 1.43 bits per heavy atom. The van der Waals surface area contributed by atoms with Crippen molar-refractivity contribution >= 4 is 90.4 Å². The molecule has 2 aliphatic rings. The molecule has 2 atom stereocenters. The number of halogens is 4. The van der Waals surface area contributed by atoms with E-state index in [4.69, 9.17) is 27.9 Å². The lowest BCUT2D eigenvalue weighted by molar-refractivity contribution is -0.142. The summed E-state index contributed by atoms with van der Waals surface area (Å²) in [4.78, 5) is 55.9. The molecular formula is C39H38Br2Cl2N4O6. The van der Waals surface area contributed by atoms with Gasteiger partial charge < -0.3 is 19.6 Å². The van der Waals surface area contributed by atoms with Gasteiger partial charge in [0.1, 0.15) is 0 Å². The summed E-state index contributed by atoms with van der Waals surface area (Å²) in [6.07, 6.45) is 0.273. The van der Waals surface area contributed by atoms with E-state index in [1.54, 1.807) is 25.7 Å². The van der Waals surface area contributed by atoms with Crippen LogP contribution in [0.4, 0.5) is 21.0 Å². The molecule has 6 rings (SSSR count). The summed E-state index contributed by atoms with van der Waals surface area (Å²) in [6.45, 7) is 2.46. The van der Waals surface area contributed by atoms with Gasteiger partial charge in [-0.1, -0.05) is 91.5 Å².